The maximum Gasteiger partial charge on any atom is 0.335 e. The second kappa shape index (κ2) is 9.31. The van der Waals surface area contributed by atoms with E-state index < -0.39 is 11.9 Å². The summed E-state index contributed by atoms with van der Waals surface area (Å²) in [6, 6.07) is 16.9. The number of carbonyl (C=O) groups is 3. The van der Waals surface area contributed by atoms with E-state index in [2.05, 4.69) is 15.6 Å². The number of amides is 2. The summed E-state index contributed by atoms with van der Waals surface area (Å²) in [5.74, 6) is -2.17. The van der Waals surface area contributed by atoms with E-state index in [1.807, 2.05) is 0 Å². The number of aromatic carboxylic acids is 1. The molecule has 0 aliphatic rings. The van der Waals surface area contributed by atoms with Gasteiger partial charge in [0.25, 0.3) is 11.8 Å². The van der Waals surface area contributed by atoms with Crippen LogP contribution < -0.4 is 10.6 Å². The molecule has 0 spiro atoms. The first kappa shape index (κ1) is 21.7. The third-order valence-electron chi connectivity index (χ3n) is 4.98. The van der Waals surface area contributed by atoms with Crippen LogP contribution in [-0.2, 0) is 13.1 Å². The molecule has 9 heteroatoms. The van der Waals surface area contributed by atoms with Gasteiger partial charge in [-0.3, -0.25) is 14.0 Å². The summed E-state index contributed by atoms with van der Waals surface area (Å²) in [5, 5.41) is 14.5. The number of halogens is 1. The molecule has 2 heterocycles. The summed E-state index contributed by atoms with van der Waals surface area (Å²) in [4.78, 5) is 40.5. The van der Waals surface area contributed by atoms with Crippen molar-refractivity contribution in [2.24, 2.45) is 0 Å². The lowest BCUT2D eigenvalue weighted by Gasteiger charge is -2.07. The van der Waals surface area contributed by atoms with E-state index in [0.29, 0.717) is 11.3 Å². The summed E-state index contributed by atoms with van der Waals surface area (Å²) >= 11 is 0. The molecule has 0 radical (unpaired) electrons. The smallest absolute Gasteiger partial charge is 0.335 e. The molecule has 33 heavy (non-hydrogen) atoms. The summed E-state index contributed by atoms with van der Waals surface area (Å²) in [7, 11) is 0. The third kappa shape index (κ3) is 5.04. The van der Waals surface area contributed by atoms with Crippen molar-refractivity contribution in [2.75, 3.05) is 0 Å². The Balaban J connectivity index is 1.44. The molecule has 8 nitrogen and oxygen atoms in total. The fraction of sp³-hybridized carbons (Fsp3) is 0.0833. The molecule has 0 bridgehead atoms. The summed E-state index contributed by atoms with van der Waals surface area (Å²) < 4.78 is 14.5. The van der Waals surface area contributed by atoms with Crippen LogP contribution in [-0.4, -0.2) is 32.3 Å². The number of rotatable bonds is 7. The Kier molecular flexibility index (Phi) is 6.12. The zero-order valence-corrected chi connectivity index (χ0v) is 17.3. The minimum atomic E-state index is -1.02. The average Bonchev–Trinajstić information content (AvgIpc) is 3.27. The van der Waals surface area contributed by atoms with Gasteiger partial charge in [-0.25, -0.2) is 14.2 Å². The van der Waals surface area contributed by atoms with E-state index in [4.69, 9.17) is 5.11 Å². The maximum absolute atomic E-state index is 13.0. The topological polar surface area (TPSA) is 113 Å². The van der Waals surface area contributed by atoms with Gasteiger partial charge in [0.15, 0.2) is 0 Å². The Morgan fingerprint density at radius 2 is 1.45 bits per heavy atom. The van der Waals surface area contributed by atoms with Crippen molar-refractivity contribution in [3.8, 4) is 0 Å². The molecule has 0 unspecified atom stereocenters. The highest BCUT2D eigenvalue weighted by Gasteiger charge is 2.15. The number of pyridine rings is 1. The standard InChI is InChI=1S/C24H19FN4O4/c25-18-10-6-16(7-11-18)12-26-22(30)19-14-29-20(2-1-3-21(29)28-19)23(31)27-13-15-4-8-17(9-5-15)24(32)33/h1-11,14H,12-13H2,(H,26,30)(H,27,31)(H,32,33). The number of carboxylic acids is 1. The van der Waals surface area contributed by atoms with E-state index in [1.165, 1.54) is 34.9 Å². The highest BCUT2D eigenvalue weighted by atomic mass is 19.1. The number of nitrogens with zero attached hydrogens (tertiary/aromatic N) is 2. The molecule has 0 aliphatic carbocycles. The molecule has 4 aromatic rings. The van der Waals surface area contributed by atoms with Gasteiger partial charge < -0.3 is 15.7 Å². The van der Waals surface area contributed by atoms with Crippen LogP contribution in [0.4, 0.5) is 4.39 Å². The molecule has 2 amide bonds. The largest absolute Gasteiger partial charge is 0.478 e. The van der Waals surface area contributed by atoms with Crippen LogP contribution in [0.1, 0.15) is 42.5 Å². The van der Waals surface area contributed by atoms with Gasteiger partial charge in [-0.05, 0) is 47.5 Å². The van der Waals surface area contributed by atoms with E-state index in [9.17, 15) is 18.8 Å². The second-order valence-corrected chi connectivity index (χ2v) is 7.26. The van der Waals surface area contributed by atoms with Crippen molar-refractivity contribution in [1.29, 1.82) is 0 Å². The van der Waals surface area contributed by atoms with E-state index >= 15 is 0 Å². The van der Waals surface area contributed by atoms with Crippen molar-refractivity contribution < 1.29 is 23.9 Å². The number of hydrogen-bond acceptors (Lipinski definition) is 4. The normalized spacial score (nSPS) is 10.7. The quantitative estimate of drug-likeness (QED) is 0.404. The van der Waals surface area contributed by atoms with Gasteiger partial charge in [0.1, 0.15) is 22.9 Å². The molecular formula is C24H19FN4O4. The molecule has 0 fully saturated rings. The molecule has 2 aromatic heterocycles. The molecule has 0 aliphatic heterocycles. The molecule has 2 aromatic carbocycles. The van der Waals surface area contributed by atoms with Crippen molar-refractivity contribution in [1.82, 2.24) is 20.0 Å². The van der Waals surface area contributed by atoms with Crippen LogP contribution in [0.5, 0.6) is 0 Å². The molecule has 3 N–H and O–H groups in total. The van der Waals surface area contributed by atoms with Crippen LogP contribution in [0.3, 0.4) is 0 Å². The summed E-state index contributed by atoms with van der Waals surface area (Å²) in [6.07, 6.45) is 1.48. The van der Waals surface area contributed by atoms with Gasteiger partial charge in [0.05, 0.1) is 5.56 Å². The van der Waals surface area contributed by atoms with Gasteiger partial charge in [0, 0.05) is 19.3 Å². The number of hydrogen-bond donors (Lipinski definition) is 3. The lowest BCUT2D eigenvalue weighted by Crippen LogP contribution is -2.25. The Hall–Kier alpha value is -4.53. The van der Waals surface area contributed by atoms with Crippen molar-refractivity contribution in [3.05, 3.63) is 107 Å². The van der Waals surface area contributed by atoms with Crippen LogP contribution in [0.25, 0.3) is 5.65 Å². The minimum Gasteiger partial charge on any atom is -0.478 e. The SMILES string of the molecule is O=C(O)c1ccc(CNC(=O)c2cccc3nc(C(=O)NCc4ccc(F)cc4)cn23)cc1. The van der Waals surface area contributed by atoms with Crippen molar-refractivity contribution in [2.45, 2.75) is 13.1 Å². The Morgan fingerprint density at radius 1 is 0.848 bits per heavy atom. The van der Waals surface area contributed by atoms with E-state index in [-0.39, 0.29) is 36.1 Å². The number of carbonyl (C=O) groups excluding carboxylic acids is 2. The predicted molar refractivity (Wildman–Crippen MR) is 117 cm³/mol. The van der Waals surface area contributed by atoms with Crippen molar-refractivity contribution >= 4 is 23.4 Å². The first-order chi connectivity index (χ1) is 15.9. The highest BCUT2D eigenvalue weighted by Crippen LogP contribution is 2.11. The monoisotopic (exact) mass is 446 g/mol. The predicted octanol–water partition coefficient (Wildman–Crippen LogP) is 3.03. The summed E-state index contributed by atoms with van der Waals surface area (Å²) in [5.41, 5.74) is 2.51. The van der Waals surface area contributed by atoms with Gasteiger partial charge in [-0.15, -0.1) is 0 Å². The number of benzene rings is 2. The number of aromatic nitrogens is 2. The zero-order valence-electron chi connectivity index (χ0n) is 17.3. The van der Waals surface area contributed by atoms with Gasteiger partial charge >= 0.3 is 5.97 Å². The Morgan fingerprint density at radius 3 is 2.09 bits per heavy atom. The van der Waals surface area contributed by atoms with Crippen LogP contribution in [0, 0.1) is 5.82 Å². The van der Waals surface area contributed by atoms with Crippen molar-refractivity contribution in [3.63, 3.8) is 0 Å². The zero-order chi connectivity index (χ0) is 23.4. The molecule has 4 rings (SSSR count). The molecule has 166 valence electrons. The lowest BCUT2D eigenvalue weighted by atomic mass is 10.1. The van der Waals surface area contributed by atoms with Crippen LogP contribution in [0.2, 0.25) is 0 Å². The maximum atomic E-state index is 13.0. The molecular weight excluding hydrogens is 427 g/mol. The fourth-order valence-corrected chi connectivity index (χ4v) is 3.22. The van der Waals surface area contributed by atoms with Gasteiger partial charge in [-0.1, -0.05) is 30.3 Å². The average molecular weight is 446 g/mol. The van der Waals surface area contributed by atoms with Gasteiger partial charge in [0.2, 0.25) is 0 Å². The number of carboxylic acid groups (broad SMARTS) is 1. The van der Waals surface area contributed by atoms with E-state index in [1.54, 1.807) is 42.5 Å². The molecule has 0 saturated carbocycles. The fourth-order valence-electron chi connectivity index (χ4n) is 3.22. The molecule has 0 saturated heterocycles. The second-order valence-electron chi connectivity index (χ2n) is 7.26. The van der Waals surface area contributed by atoms with Gasteiger partial charge in [-0.2, -0.15) is 0 Å². The van der Waals surface area contributed by atoms with E-state index in [0.717, 1.165) is 11.1 Å². The number of nitrogens with one attached hydrogen (secondary N) is 2. The van der Waals surface area contributed by atoms with Crippen LogP contribution in [0.15, 0.2) is 72.9 Å². The van der Waals surface area contributed by atoms with Crippen LogP contribution >= 0.6 is 0 Å². The highest BCUT2D eigenvalue weighted by molar-refractivity contribution is 5.95. The lowest BCUT2D eigenvalue weighted by molar-refractivity contribution is 0.0696. The first-order valence-corrected chi connectivity index (χ1v) is 10.0. The Labute approximate surface area is 187 Å². The Bertz CT molecular complexity index is 1330. The molecule has 0 atom stereocenters. The summed E-state index contributed by atoms with van der Waals surface area (Å²) in [6.45, 7) is 0.413. The number of fused-ring (bicyclic) bond motifs is 1. The number of imidazole rings is 1. The third-order valence-corrected chi connectivity index (χ3v) is 4.98. The first-order valence-electron chi connectivity index (χ1n) is 10.0. The minimum absolute atomic E-state index is 0.140.